The van der Waals surface area contributed by atoms with Crippen LogP contribution >= 0.6 is 11.6 Å². The number of likely N-dealkylation sites (tertiary alicyclic amines) is 1. The van der Waals surface area contributed by atoms with Gasteiger partial charge in [-0.25, -0.2) is 0 Å². The summed E-state index contributed by atoms with van der Waals surface area (Å²) in [5, 5.41) is 25.2. The van der Waals surface area contributed by atoms with Gasteiger partial charge in [-0.2, -0.15) is 5.26 Å². The van der Waals surface area contributed by atoms with Crippen molar-refractivity contribution < 1.29 is 14.7 Å². The van der Waals surface area contributed by atoms with Crippen molar-refractivity contribution in [3.8, 4) is 11.8 Å². The smallest absolute Gasteiger partial charge is 0.235 e. The molecule has 1 aliphatic carbocycles. The number of nitrogens with zero attached hydrogens (tertiary/aromatic N) is 2. The number of phenolic OH excluding ortho intramolecular Hbond substituents is 1. The SMILES string of the molecule is CC(C#N)(NC(=O)CN1CCC(C(=O)Nc2cc(Cl)ccc2O)CC1)C1CC1. The highest BCUT2D eigenvalue weighted by atomic mass is 35.5. The Balaban J connectivity index is 1.46. The number of amides is 2. The zero-order valence-electron chi connectivity index (χ0n) is 15.9. The van der Waals surface area contributed by atoms with Gasteiger partial charge in [0.15, 0.2) is 0 Å². The van der Waals surface area contributed by atoms with E-state index in [0.717, 1.165) is 12.8 Å². The number of hydrogen-bond donors (Lipinski definition) is 3. The molecule has 1 atom stereocenters. The Bertz CT molecular complexity index is 797. The van der Waals surface area contributed by atoms with Crippen LogP contribution in [0.4, 0.5) is 5.69 Å². The molecule has 1 aromatic carbocycles. The van der Waals surface area contributed by atoms with Crippen molar-refractivity contribution in [3.05, 3.63) is 23.2 Å². The maximum absolute atomic E-state index is 12.5. The summed E-state index contributed by atoms with van der Waals surface area (Å²) in [6.45, 7) is 3.26. The van der Waals surface area contributed by atoms with Crippen LogP contribution in [0, 0.1) is 23.2 Å². The van der Waals surface area contributed by atoms with Gasteiger partial charge in [-0.1, -0.05) is 11.6 Å². The Morgan fingerprint density at radius 3 is 2.61 bits per heavy atom. The predicted octanol–water partition coefficient (Wildman–Crippen LogP) is 2.50. The molecule has 1 aliphatic heterocycles. The predicted molar refractivity (Wildman–Crippen MR) is 106 cm³/mol. The third kappa shape index (κ3) is 4.94. The summed E-state index contributed by atoms with van der Waals surface area (Å²) < 4.78 is 0. The minimum atomic E-state index is -0.783. The summed E-state index contributed by atoms with van der Waals surface area (Å²) in [5.41, 5.74) is -0.482. The lowest BCUT2D eigenvalue weighted by atomic mass is 9.95. The lowest BCUT2D eigenvalue weighted by Crippen LogP contribution is -2.51. The van der Waals surface area contributed by atoms with Crippen molar-refractivity contribution in [2.45, 2.75) is 38.1 Å². The largest absolute Gasteiger partial charge is 0.506 e. The van der Waals surface area contributed by atoms with E-state index in [9.17, 15) is 20.0 Å². The van der Waals surface area contributed by atoms with E-state index in [2.05, 4.69) is 16.7 Å². The summed E-state index contributed by atoms with van der Waals surface area (Å²) in [7, 11) is 0. The van der Waals surface area contributed by atoms with E-state index in [1.807, 2.05) is 4.90 Å². The summed E-state index contributed by atoms with van der Waals surface area (Å²) in [6.07, 6.45) is 3.21. The number of hydrogen-bond acceptors (Lipinski definition) is 5. The molecule has 1 saturated carbocycles. The molecule has 3 N–H and O–H groups in total. The van der Waals surface area contributed by atoms with Gasteiger partial charge in [-0.15, -0.1) is 0 Å². The van der Waals surface area contributed by atoms with Gasteiger partial charge < -0.3 is 15.7 Å². The second-order valence-electron chi connectivity index (χ2n) is 7.84. The summed E-state index contributed by atoms with van der Waals surface area (Å²) in [6, 6.07) is 6.74. The molecule has 0 bridgehead atoms. The van der Waals surface area contributed by atoms with E-state index >= 15 is 0 Å². The fourth-order valence-electron chi connectivity index (χ4n) is 3.61. The van der Waals surface area contributed by atoms with Crippen LogP contribution in [0.2, 0.25) is 5.02 Å². The van der Waals surface area contributed by atoms with Crippen molar-refractivity contribution in [3.63, 3.8) is 0 Å². The molecule has 1 heterocycles. The van der Waals surface area contributed by atoms with Gasteiger partial charge in [0.2, 0.25) is 11.8 Å². The molecule has 2 aliphatic rings. The van der Waals surface area contributed by atoms with Crippen LogP contribution in [-0.4, -0.2) is 47.0 Å². The van der Waals surface area contributed by atoms with E-state index in [1.54, 1.807) is 13.0 Å². The minimum absolute atomic E-state index is 0.0249. The molecule has 150 valence electrons. The van der Waals surface area contributed by atoms with Crippen LogP contribution in [-0.2, 0) is 9.59 Å². The Labute approximate surface area is 169 Å². The van der Waals surface area contributed by atoms with Crippen LogP contribution in [0.15, 0.2) is 18.2 Å². The highest BCUT2D eigenvalue weighted by Gasteiger charge is 2.43. The molecule has 1 saturated heterocycles. The van der Waals surface area contributed by atoms with Crippen LogP contribution < -0.4 is 10.6 Å². The molecule has 0 spiro atoms. The topological polar surface area (TPSA) is 105 Å². The van der Waals surface area contributed by atoms with Crippen LogP contribution in [0.5, 0.6) is 5.75 Å². The number of aromatic hydroxyl groups is 1. The molecule has 2 fully saturated rings. The Morgan fingerprint density at radius 2 is 2.00 bits per heavy atom. The number of piperidine rings is 1. The number of rotatable bonds is 6. The average molecular weight is 405 g/mol. The highest BCUT2D eigenvalue weighted by molar-refractivity contribution is 6.31. The van der Waals surface area contributed by atoms with Crippen LogP contribution in [0.1, 0.15) is 32.6 Å². The first-order chi connectivity index (χ1) is 13.3. The number of carbonyl (C=O) groups is 2. The fourth-order valence-corrected chi connectivity index (χ4v) is 3.78. The third-order valence-corrected chi connectivity index (χ3v) is 5.80. The van der Waals surface area contributed by atoms with E-state index in [-0.39, 0.29) is 35.9 Å². The molecule has 28 heavy (non-hydrogen) atoms. The normalized spacial score (nSPS) is 20.0. The number of nitrogens with one attached hydrogen (secondary N) is 2. The van der Waals surface area contributed by atoms with Gasteiger partial charge in [-0.05, 0) is 69.8 Å². The van der Waals surface area contributed by atoms with Crippen molar-refractivity contribution in [2.75, 3.05) is 25.0 Å². The number of anilines is 1. The van der Waals surface area contributed by atoms with E-state index in [0.29, 0.717) is 36.6 Å². The summed E-state index contributed by atoms with van der Waals surface area (Å²) in [5.74, 6) is -0.273. The van der Waals surface area contributed by atoms with Crippen molar-refractivity contribution in [1.29, 1.82) is 5.26 Å². The van der Waals surface area contributed by atoms with Crippen LogP contribution in [0.3, 0.4) is 0 Å². The summed E-state index contributed by atoms with van der Waals surface area (Å²) in [4.78, 5) is 26.8. The first-order valence-corrected chi connectivity index (χ1v) is 9.92. The molecule has 0 radical (unpaired) electrons. The van der Waals surface area contributed by atoms with Gasteiger partial charge in [0.25, 0.3) is 0 Å². The number of halogens is 1. The molecule has 2 amide bonds. The Hall–Kier alpha value is -2.30. The lowest BCUT2D eigenvalue weighted by Gasteiger charge is -2.32. The van der Waals surface area contributed by atoms with Crippen molar-refractivity contribution >= 4 is 29.1 Å². The highest BCUT2D eigenvalue weighted by Crippen LogP contribution is 2.39. The van der Waals surface area contributed by atoms with Crippen molar-refractivity contribution in [2.24, 2.45) is 11.8 Å². The molecule has 1 unspecified atom stereocenters. The monoisotopic (exact) mass is 404 g/mol. The first-order valence-electron chi connectivity index (χ1n) is 9.55. The zero-order valence-corrected chi connectivity index (χ0v) is 16.6. The fraction of sp³-hybridized carbons (Fsp3) is 0.550. The van der Waals surface area contributed by atoms with E-state index in [1.165, 1.54) is 12.1 Å². The zero-order chi connectivity index (χ0) is 20.3. The van der Waals surface area contributed by atoms with Gasteiger partial charge in [0.05, 0.1) is 18.3 Å². The maximum Gasteiger partial charge on any atom is 0.235 e. The number of carbonyl (C=O) groups excluding carboxylic acids is 2. The quantitative estimate of drug-likeness (QED) is 0.632. The Kier molecular flexibility index (Phi) is 6.11. The second kappa shape index (κ2) is 8.38. The van der Waals surface area contributed by atoms with E-state index < -0.39 is 5.54 Å². The molecular weight excluding hydrogens is 380 g/mol. The van der Waals surface area contributed by atoms with Crippen LogP contribution in [0.25, 0.3) is 0 Å². The van der Waals surface area contributed by atoms with Gasteiger partial charge in [-0.3, -0.25) is 14.5 Å². The number of benzene rings is 1. The molecule has 1 aromatic rings. The minimum Gasteiger partial charge on any atom is -0.506 e. The molecule has 7 nitrogen and oxygen atoms in total. The number of phenols is 1. The lowest BCUT2D eigenvalue weighted by molar-refractivity contribution is -0.124. The maximum atomic E-state index is 12.5. The second-order valence-corrected chi connectivity index (χ2v) is 8.27. The first kappa shape index (κ1) is 20.4. The van der Waals surface area contributed by atoms with Gasteiger partial charge >= 0.3 is 0 Å². The third-order valence-electron chi connectivity index (χ3n) is 5.57. The molecule has 0 aromatic heterocycles. The number of nitriles is 1. The molecule has 8 heteroatoms. The van der Waals surface area contributed by atoms with Gasteiger partial charge in [0, 0.05) is 10.9 Å². The molecular formula is C20H25ClN4O3. The van der Waals surface area contributed by atoms with Gasteiger partial charge in [0.1, 0.15) is 11.3 Å². The van der Waals surface area contributed by atoms with E-state index in [4.69, 9.17) is 11.6 Å². The van der Waals surface area contributed by atoms with Crippen molar-refractivity contribution in [1.82, 2.24) is 10.2 Å². The average Bonchev–Trinajstić information content (AvgIpc) is 3.51. The summed E-state index contributed by atoms with van der Waals surface area (Å²) >= 11 is 5.91. The standard InChI is InChI=1S/C20H25ClN4O3/c1-20(12-22,14-2-3-14)24-18(27)11-25-8-6-13(7-9-25)19(28)23-16-10-15(21)4-5-17(16)26/h4-5,10,13-14,26H,2-3,6-9,11H2,1H3,(H,23,28)(H,24,27). The molecule has 3 rings (SSSR count). The Morgan fingerprint density at radius 1 is 1.32 bits per heavy atom.